The van der Waals surface area contributed by atoms with E-state index in [0.717, 1.165) is 25.3 Å². The Bertz CT molecular complexity index is 3740. The molecule has 0 aromatic heterocycles. The Morgan fingerprint density at radius 1 is 0.437 bits per heavy atom. The highest BCUT2D eigenvalue weighted by Gasteiger charge is 2.58. The molecule has 546 valence electrons. The average Bonchev–Trinajstić information content (AvgIpc) is 0.757. The van der Waals surface area contributed by atoms with Crippen LogP contribution in [0.4, 0.5) is 4.79 Å². The SMILES string of the molecule is COC(=O)[C@H]1O[C@@H](OC[C@H]2O[C@H](O[C@H]3[C@H](N=[N+]=[N-])[C@H](N=[N+]=[N-])[C@H](O[C@H]4[C@H](O)[C@@H](CO)O[C@H](OCCCCCN(Cc5ccccc5)C(=O)OCc5ccccc5)[C@@H]4N=[N+]=[N-])O[C@@H]3C(=O)OC)[C@H](OCc3ccccc3)[C@@H](OCc3ccccc3)[C@@H]2OCc2ccccc2)[C@@H](N=[N+]=[N-])[C@@H](N=[N+]=[N-])[C@@H]1O. The predicted molar refractivity (Wildman–Crippen MR) is 356 cm³/mol. The normalized spacial score (nSPS) is 28.7. The predicted octanol–water partition coefficient (Wildman–Crippen LogP) is 8.91. The first-order valence-corrected chi connectivity index (χ1v) is 32.8. The number of nitrogens with zero attached hydrogens (tertiary/aromatic N) is 16. The minimum atomic E-state index is -2.07. The fourth-order valence-electron chi connectivity index (χ4n) is 12.1. The summed E-state index contributed by atoms with van der Waals surface area (Å²) in [6.07, 6.45) is -24.9. The fourth-order valence-corrected chi connectivity index (χ4v) is 12.1. The van der Waals surface area contributed by atoms with E-state index in [0.29, 0.717) is 42.5 Å². The van der Waals surface area contributed by atoms with Crippen molar-refractivity contribution in [3.05, 3.63) is 232 Å². The molecule has 4 saturated heterocycles. The smallest absolute Gasteiger partial charge is 0.410 e. The van der Waals surface area contributed by atoms with E-state index in [1.807, 2.05) is 60.7 Å². The molecular weight excluding hydrogens is 1350 g/mol. The van der Waals surface area contributed by atoms with Gasteiger partial charge in [-0.1, -0.05) is 177 Å². The Morgan fingerprint density at radius 2 is 0.883 bits per heavy atom. The van der Waals surface area contributed by atoms with E-state index in [1.54, 1.807) is 95.9 Å². The van der Waals surface area contributed by atoms with Gasteiger partial charge in [-0.05, 0) is 74.7 Å². The van der Waals surface area contributed by atoms with Crippen LogP contribution >= 0.6 is 0 Å². The van der Waals surface area contributed by atoms with Crippen molar-refractivity contribution in [3.63, 3.8) is 0 Å². The average molecular weight is 1430 g/mol. The molecule has 36 heteroatoms. The third kappa shape index (κ3) is 21.0. The lowest BCUT2D eigenvalue weighted by Crippen LogP contribution is -2.67. The zero-order valence-corrected chi connectivity index (χ0v) is 55.9. The van der Waals surface area contributed by atoms with Crippen LogP contribution in [0.5, 0.6) is 0 Å². The van der Waals surface area contributed by atoms with Gasteiger partial charge in [0.15, 0.2) is 37.4 Å². The minimum Gasteiger partial charge on any atom is -0.467 e. The molecule has 5 aromatic rings. The van der Waals surface area contributed by atoms with Crippen LogP contribution in [0.2, 0.25) is 0 Å². The number of azide groups is 5. The summed E-state index contributed by atoms with van der Waals surface area (Å²) >= 11 is 0. The van der Waals surface area contributed by atoms with E-state index in [4.69, 9.17) is 66.3 Å². The van der Waals surface area contributed by atoms with Gasteiger partial charge in [-0.15, -0.1) is 0 Å². The molecule has 5 aromatic carbocycles. The van der Waals surface area contributed by atoms with Crippen molar-refractivity contribution in [1.82, 2.24) is 4.90 Å². The maximum atomic E-state index is 14.5. The van der Waals surface area contributed by atoms with Crippen LogP contribution < -0.4 is 0 Å². The summed E-state index contributed by atoms with van der Waals surface area (Å²) in [7, 11) is 2.02. The van der Waals surface area contributed by atoms with Crippen molar-refractivity contribution in [2.45, 2.75) is 175 Å². The maximum absolute atomic E-state index is 14.5. The molecule has 0 aliphatic carbocycles. The molecule has 9 rings (SSSR count). The number of aliphatic hydroxyl groups excluding tert-OH is 3. The van der Waals surface area contributed by atoms with Gasteiger partial charge in [0.05, 0.1) is 71.4 Å². The van der Waals surface area contributed by atoms with Crippen LogP contribution in [-0.2, 0) is 109 Å². The van der Waals surface area contributed by atoms with Crippen molar-refractivity contribution in [1.29, 1.82) is 0 Å². The lowest BCUT2D eigenvalue weighted by molar-refractivity contribution is -0.359. The molecule has 4 aliphatic rings. The summed E-state index contributed by atoms with van der Waals surface area (Å²) in [6.45, 7) is -1.34. The lowest BCUT2D eigenvalue weighted by Gasteiger charge is -2.50. The Hall–Kier alpha value is -9.70. The molecule has 1 amide bonds. The van der Waals surface area contributed by atoms with E-state index in [1.165, 1.54) is 0 Å². The Labute approximate surface area is 589 Å². The van der Waals surface area contributed by atoms with Crippen LogP contribution in [0.25, 0.3) is 52.2 Å². The highest BCUT2D eigenvalue weighted by atomic mass is 16.8. The number of esters is 2. The van der Waals surface area contributed by atoms with E-state index in [2.05, 4.69) is 50.1 Å². The Balaban J connectivity index is 1.02. The van der Waals surface area contributed by atoms with Gasteiger partial charge in [-0.25, -0.2) is 14.4 Å². The van der Waals surface area contributed by atoms with E-state index in [-0.39, 0.29) is 39.6 Å². The zero-order valence-electron chi connectivity index (χ0n) is 55.9. The molecule has 0 unspecified atom stereocenters. The second-order valence-electron chi connectivity index (χ2n) is 23.8. The number of ether oxygens (including phenoxy) is 14. The van der Waals surface area contributed by atoms with Crippen molar-refractivity contribution in [2.75, 3.05) is 40.6 Å². The second kappa shape index (κ2) is 40.2. The standard InChI is InChI=1S/C67H78N16O20/c1-90-61(87)57-53(86)47(73-78-68)49(75-80-70)63(102-57)96-39-46-54(93-35-41-23-11-4-12-24-41)58(94-36-42-25-13-5-14-26-42)60(95-37-43-27-15-6-16-28-43)66(99-46)101-56-48(74-79-69)50(76-81-71)65(103-59(56)62(88)91-2)100-55-51(77-82-72)64(98-45(34-84)52(55)85)92-32-20-8-19-31-83(33-40-21-9-3-10-22-40)67(89)97-38-44-29-17-7-18-30-44/h3-7,9-18,21-30,45-60,63-66,84-86H,8,19-20,31-39H2,1-2H3/t45-,46-,47-,48-,49+,50+,51-,52-,53+,54-,55-,56+,57+,58+,59+,60-,63-,64+,65-,66-/m1/s1. The number of hydrogen-bond donors (Lipinski definition) is 3. The zero-order chi connectivity index (χ0) is 72.9. The molecule has 103 heavy (non-hydrogen) atoms. The molecule has 36 nitrogen and oxygen atoms in total. The first-order chi connectivity index (χ1) is 50.3. The molecule has 20 atom stereocenters. The molecule has 0 bridgehead atoms. The van der Waals surface area contributed by atoms with Gasteiger partial charge in [0.2, 0.25) is 0 Å². The quantitative estimate of drug-likeness (QED) is 0.00850. The van der Waals surface area contributed by atoms with Crippen LogP contribution in [0.3, 0.4) is 0 Å². The molecule has 0 spiro atoms. The third-order valence-corrected chi connectivity index (χ3v) is 17.2. The van der Waals surface area contributed by atoms with Crippen LogP contribution in [0.1, 0.15) is 47.1 Å². The van der Waals surface area contributed by atoms with Crippen molar-refractivity contribution < 1.29 is 96.0 Å². The van der Waals surface area contributed by atoms with Crippen LogP contribution in [-0.4, -0.2) is 201 Å². The third-order valence-electron chi connectivity index (χ3n) is 17.2. The lowest BCUT2D eigenvalue weighted by atomic mass is 9.93. The summed E-state index contributed by atoms with van der Waals surface area (Å²) in [5.41, 5.74) is 53.9. The molecule has 0 radical (unpaired) electrons. The number of carbonyl (C=O) groups excluding carboxylic acids is 3. The van der Waals surface area contributed by atoms with Gasteiger partial charge < -0.3 is 86.5 Å². The Kier molecular flexibility index (Phi) is 30.3. The molecule has 4 aliphatic heterocycles. The first-order valence-electron chi connectivity index (χ1n) is 32.8. The summed E-state index contributed by atoms with van der Waals surface area (Å²) in [6, 6.07) is 36.8. The number of amides is 1. The number of benzene rings is 5. The van der Waals surface area contributed by atoms with Crippen molar-refractivity contribution >= 4 is 18.0 Å². The van der Waals surface area contributed by atoms with Gasteiger partial charge in [0.25, 0.3) is 0 Å². The topological polar surface area (TPSA) is 488 Å². The van der Waals surface area contributed by atoms with Crippen LogP contribution in [0.15, 0.2) is 177 Å². The van der Waals surface area contributed by atoms with Gasteiger partial charge in [-0.2, -0.15) is 0 Å². The Morgan fingerprint density at radius 3 is 1.43 bits per heavy atom. The van der Waals surface area contributed by atoms with Gasteiger partial charge in [0.1, 0.15) is 67.6 Å². The number of rotatable bonds is 35. The monoisotopic (exact) mass is 1430 g/mol. The summed E-state index contributed by atoms with van der Waals surface area (Å²) in [4.78, 5) is 57.4. The van der Waals surface area contributed by atoms with Crippen molar-refractivity contribution in [3.8, 4) is 0 Å². The van der Waals surface area contributed by atoms with Gasteiger partial charge >= 0.3 is 18.0 Å². The molecule has 4 heterocycles. The van der Waals surface area contributed by atoms with Gasteiger partial charge in [-0.3, -0.25) is 0 Å². The number of carbonyl (C=O) groups is 3. The largest absolute Gasteiger partial charge is 0.467 e. The highest BCUT2D eigenvalue weighted by molar-refractivity contribution is 5.76. The number of methoxy groups -OCH3 is 2. The minimum absolute atomic E-state index is 0.0588. The summed E-state index contributed by atoms with van der Waals surface area (Å²) in [5, 5.41) is 53.0. The highest BCUT2D eigenvalue weighted by Crippen LogP contribution is 2.39. The first kappa shape index (κ1) is 77.5. The second-order valence-corrected chi connectivity index (χ2v) is 23.8. The molecule has 3 N–H and O–H groups in total. The molecular formula is C67H78N16O20. The number of hydrogen-bond acceptors (Lipinski definition) is 25. The fraction of sp³-hybridized carbons (Fsp3) is 0.507. The summed E-state index contributed by atoms with van der Waals surface area (Å²) < 4.78 is 87.4. The number of unbranched alkanes of at least 4 members (excludes halogenated alkanes) is 2. The van der Waals surface area contributed by atoms with E-state index in [9.17, 15) is 57.4 Å². The van der Waals surface area contributed by atoms with E-state index >= 15 is 0 Å². The summed E-state index contributed by atoms with van der Waals surface area (Å²) in [5.74, 6) is -2.31. The number of aliphatic hydroxyl groups is 3. The van der Waals surface area contributed by atoms with Crippen molar-refractivity contribution in [2.24, 2.45) is 25.6 Å². The molecule has 0 saturated carbocycles. The van der Waals surface area contributed by atoms with E-state index < -0.39 is 154 Å². The van der Waals surface area contributed by atoms with Crippen LogP contribution in [0, 0.1) is 0 Å². The maximum Gasteiger partial charge on any atom is 0.410 e. The molecule has 4 fully saturated rings. The van der Waals surface area contributed by atoms with Gasteiger partial charge in [0, 0.05) is 44.3 Å².